The van der Waals surface area contributed by atoms with Gasteiger partial charge in [0.1, 0.15) is 11.6 Å². The molecule has 0 amide bonds. The van der Waals surface area contributed by atoms with Gasteiger partial charge in [-0.15, -0.1) is 0 Å². The SMILES string of the molecule is COc1ccc(S(=O)(=O)Nc2ccc(Nc3cc(C)nc(NC4CCCCC4)n3)cc2)cc1. The molecule has 0 aliphatic heterocycles. The predicted octanol–water partition coefficient (Wildman–Crippen LogP) is 5.08. The molecule has 1 fully saturated rings. The van der Waals surface area contributed by atoms with E-state index < -0.39 is 10.0 Å². The molecule has 4 rings (SSSR count). The van der Waals surface area contributed by atoms with Crippen LogP contribution in [0.15, 0.2) is 59.5 Å². The van der Waals surface area contributed by atoms with Crippen LogP contribution in [0.5, 0.6) is 5.75 Å². The molecule has 9 heteroatoms. The third-order valence-corrected chi connectivity index (χ3v) is 6.97. The first-order chi connectivity index (χ1) is 15.9. The van der Waals surface area contributed by atoms with Crippen LogP contribution < -0.4 is 20.1 Å². The third-order valence-electron chi connectivity index (χ3n) is 5.57. The average molecular weight is 468 g/mol. The van der Waals surface area contributed by atoms with Gasteiger partial charge >= 0.3 is 0 Å². The van der Waals surface area contributed by atoms with Crippen molar-refractivity contribution in [3.63, 3.8) is 0 Å². The van der Waals surface area contributed by atoms with Crippen LogP contribution >= 0.6 is 0 Å². The number of methoxy groups -OCH3 is 1. The van der Waals surface area contributed by atoms with Crippen molar-refractivity contribution < 1.29 is 13.2 Å². The van der Waals surface area contributed by atoms with Crippen molar-refractivity contribution in [1.29, 1.82) is 0 Å². The Bertz CT molecular complexity index is 1180. The molecule has 0 unspecified atom stereocenters. The summed E-state index contributed by atoms with van der Waals surface area (Å²) in [5, 5.41) is 6.73. The molecule has 0 saturated heterocycles. The van der Waals surface area contributed by atoms with Crippen LogP contribution in [0.3, 0.4) is 0 Å². The summed E-state index contributed by atoms with van der Waals surface area (Å²) in [5.41, 5.74) is 2.13. The van der Waals surface area contributed by atoms with Crippen molar-refractivity contribution in [2.75, 3.05) is 22.5 Å². The molecule has 0 bridgehead atoms. The van der Waals surface area contributed by atoms with Crippen molar-refractivity contribution in [2.45, 2.75) is 50.0 Å². The highest BCUT2D eigenvalue weighted by atomic mass is 32.2. The van der Waals surface area contributed by atoms with Crippen LogP contribution in [0.4, 0.5) is 23.1 Å². The van der Waals surface area contributed by atoms with Gasteiger partial charge in [0.25, 0.3) is 10.0 Å². The molecule has 33 heavy (non-hydrogen) atoms. The average Bonchev–Trinajstić information content (AvgIpc) is 2.80. The molecule has 1 aliphatic rings. The molecule has 2 aromatic carbocycles. The van der Waals surface area contributed by atoms with Gasteiger partial charge < -0.3 is 15.4 Å². The lowest BCUT2D eigenvalue weighted by molar-refractivity contribution is 0.414. The zero-order valence-electron chi connectivity index (χ0n) is 18.8. The minimum absolute atomic E-state index is 0.167. The summed E-state index contributed by atoms with van der Waals surface area (Å²) in [6, 6.07) is 15.6. The Balaban J connectivity index is 1.42. The minimum Gasteiger partial charge on any atom is -0.497 e. The summed E-state index contributed by atoms with van der Waals surface area (Å²) < 4.78 is 32.9. The van der Waals surface area contributed by atoms with Gasteiger partial charge in [0.15, 0.2) is 0 Å². The number of hydrogen-bond acceptors (Lipinski definition) is 7. The van der Waals surface area contributed by atoms with Gasteiger partial charge in [-0.3, -0.25) is 4.72 Å². The van der Waals surface area contributed by atoms with E-state index in [2.05, 4.69) is 25.3 Å². The van der Waals surface area contributed by atoms with Crippen molar-refractivity contribution in [2.24, 2.45) is 0 Å². The number of aryl methyl sites for hydroxylation is 1. The van der Waals surface area contributed by atoms with Crippen LogP contribution in [0, 0.1) is 6.92 Å². The molecule has 1 aliphatic carbocycles. The molecule has 8 nitrogen and oxygen atoms in total. The Morgan fingerprint density at radius 3 is 2.24 bits per heavy atom. The smallest absolute Gasteiger partial charge is 0.261 e. The molecule has 3 N–H and O–H groups in total. The fourth-order valence-electron chi connectivity index (χ4n) is 3.87. The first-order valence-electron chi connectivity index (χ1n) is 11.1. The number of sulfonamides is 1. The van der Waals surface area contributed by atoms with Crippen LogP contribution in [0.2, 0.25) is 0 Å². The fraction of sp³-hybridized carbons (Fsp3) is 0.333. The van der Waals surface area contributed by atoms with Crippen molar-refractivity contribution in [1.82, 2.24) is 9.97 Å². The third kappa shape index (κ3) is 6.13. The molecular weight excluding hydrogens is 438 g/mol. The van der Waals surface area contributed by atoms with Crippen LogP contribution in [-0.4, -0.2) is 31.5 Å². The second-order valence-electron chi connectivity index (χ2n) is 8.18. The predicted molar refractivity (Wildman–Crippen MR) is 131 cm³/mol. The van der Waals surface area contributed by atoms with Crippen LogP contribution in [0.1, 0.15) is 37.8 Å². The normalized spacial score (nSPS) is 14.5. The molecule has 0 radical (unpaired) electrons. The van der Waals surface area contributed by atoms with E-state index in [4.69, 9.17) is 4.74 Å². The molecule has 1 aromatic heterocycles. The monoisotopic (exact) mass is 467 g/mol. The Morgan fingerprint density at radius 2 is 1.58 bits per heavy atom. The number of anilines is 4. The molecule has 1 saturated carbocycles. The van der Waals surface area contributed by atoms with Crippen molar-refractivity contribution in [3.05, 3.63) is 60.3 Å². The lowest BCUT2D eigenvalue weighted by atomic mass is 9.96. The maximum Gasteiger partial charge on any atom is 0.261 e. The van der Waals surface area contributed by atoms with Gasteiger partial charge in [0.2, 0.25) is 5.95 Å². The highest BCUT2D eigenvalue weighted by Gasteiger charge is 2.16. The number of rotatable bonds is 8. The van der Waals surface area contributed by atoms with Crippen LogP contribution in [-0.2, 0) is 10.0 Å². The lowest BCUT2D eigenvalue weighted by Gasteiger charge is -2.23. The van der Waals surface area contributed by atoms with E-state index in [1.807, 2.05) is 13.0 Å². The van der Waals surface area contributed by atoms with E-state index in [0.29, 0.717) is 29.2 Å². The van der Waals surface area contributed by atoms with E-state index in [-0.39, 0.29) is 4.90 Å². The highest BCUT2D eigenvalue weighted by Crippen LogP contribution is 2.24. The van der Waals surface area contributed by atoms with Gasteiger partial charge in [0, 0.05) is 29.2 Å². The Hall–Kier alpha value is -3.33. The molecule has 0 atom stereocenters. The summed E-state index contributed by atoms with van der Waals surface area (Å²) >= 11 is 0. The van der Waals surface area contributed by atoms with Crippen molar-refractivity contribution >= 4 is 33.2 Å². The molecule has 1 heterocycles. The zero-order chi connectivity index (χ0) is 23.3. The van der Waals surface area contributed by atoms with Gasteiger partial charge in [-0.1, -0.05) is 19.3 Å². The number of aromatic nitrogens is 2. The standard InChI is InChI=1S/C24H29N5O3S/c1-17-16-23(28-24(25-17)27-18-6-4-3-5-7-18)26-19-8-10-20(11-9-19)29-33(30,31)22-14-12-21(32-2)13-15-22/h8-16,18,29H,3-7H2,1-2H3,(H2,25,26,27,28). The topological polar surface area (TPSA) is 105 Å². The first-order valence-corrected chi connectivity index (χ1v) is 12.6. The van der Waals surface area contributed by atoms with E-state index >= 15 is 0 Å². The summed E-state index contributed by atoms with van der Waals surface area (Å²) in [7, 11) is -2.15. The maximum absolute atomic E-state index is 12.6. The molecule has 3 aromatic rings. The summed E-state index contributed by atoms with van der Waals surface area (Å²) in [4.78, 5) is 9.29. The van der Waals surface area contributed by atoms with Gasteiger partial charge in [0.05, 0.1) is 12.0 Å². The number of nitrogens with one attached hydrogen (secondary N) is 3. The Morgan fingerprint density at radius 1 is 0.909 bits per heavy atom. The summed E-state index contributed by atoms with van der Waals surface area (Å²) in [6.07, 6.45) is 6.07. The van der Waals surface area contributed by atoms with Gasteiger partial charge in [-0.05, 0) is 68.3 Å². The van der Waals surface area contributed by atoms with E-state index in [0.717, 1.165) is 24.2 Å². The Kier molecular flexibility index (Phi) is 6.98. The minimum atomic E-state index is -3.69. The number of nitrogens with zero attached hydrogens (tertiary/aromatic N) is 2. The Labute approximate surface area is 194 Å². The van der Waals surface area contributed by atoms with Gasteiger partial charge in [-0.2, -0.15) is 4.98 Å². The van der Waals surface area contributed by atoms with E-state index in [1.165, 1.54) is 38.5 Å². The number of ether oxygens (including phenoxy) is 1. The van der Waals surface area contributed by atoms with Crippen molar-refractivity contribution in [3.8, 4) is 5.75 Å². The summed E-state index contributed by atoms with van der Waals surface area (Å²) in [5.74, 6) is 1.92. The molecular formula is C24H29N5O3S. The van der Waals surface area contributed by atoms with Crippen LogP contribution in [0.25, 0.3) is 0 Å². The zero-order valence-corrected chi connectivity index (χ0v) is 19.7. The number of hydrogen-bond donors (Lipinski definition) is 3. The summed E-state index contributed by atoms with van der Waals surface area (Å²) in [6.45, 7) is 1.94. The number of benzene rings is 2. The van der Waals surface area contributed by atoms with Gasteiger partial charge in [-0.25, -0.2) is 13.4 Å². The maximum atomic E-state index is 12.6. The van der Waals surface area contributed by atoms with E-state index in [1.54, 1.807) is 36.4 Å². The fourth-order valence-corrected chi connectivity index (χ4v) is 4.92. The molecule has 174 valence electrons. The second-order valence-corrected chi connectivity index (χ2v) is 9.86. The molecule has 0 spiro atoms. The quantitative estimate of drug-likeness (QED) is 0.424. The van der Waals surface area contributed by atoms with E-state index in [9.17, 15) is 8.42 Å². The second kappa shape index (κ2) is 10.1. The lowest BCUT2D eigenvalue weighted by Crippen LogP contribution is -2.23. The highest BCUT2D eigenvalue weighted by molar-refractivity contribution is 7.92. The first kappa shape index (κ1) is 22.8. The largest absolute Gasteiger partial charge is 0.497 e.